The first-order valence-corrected chi connectivity index (χ1v) is 12.2. The molecule has 0 bridgehead atoms. The summed E-state index contributed by atoms with van der Waals surface area (Å²) in [5.74, 6) is -4.12. The summed E-state index contributed by atoms with van der Waals surface area (Å²) in [5, 5.41) is 2.64. The Morgan fingerprint density at radius 2 is 1.56 bits per heavy atom. The van der Waals surface area contributed by atoms with Crippen LogP contribution in [-0.2, 0) is 24.3 Å². The van der Waals surface area contributed by atoms with Crippen LogP contribution in [0.25, 0.3) is 0 Å². The van der Waals surface area contributed by atoms with Gasteiger partial charge in [-0.1, -0.05) is 41.4 Å². The van der Waals surface area contributed by atoms with E-state index in [9.17, 15) is 39.9 Å². The Morgan fingerprint density at radius 3 is 2.17 bits per heavy atom. The molecule has 0 aliphatic rings. The molecule has 0 spiro atoms. The van der Waals surface area contributed by atoms with Crippen LogP contribution in [-0.4, -0.2) is 10.9 Å². The number of rotatable bonds is 6. The van der Waals surface area contributed by atoms with E-state index in [0.717, 1.165) is 23.9 Å². The first kappa shape index (κ1) is 30.0. The van der Waals surface area contributed by atoms with Crippen molar-refractivity contribution in [2.75, 3.05) is 0 Å². The van der Waals surface area contributed by atoms with E-state index in [4.69, 9.17) is 11.6 Å². The SMILES string of the molecule is Cc1cccc(C[C@@](NC(=O)c2ccc(F)c(C(F)(F)F)c2)(c2cc(F)cc(C(F)(F)F)c2)c2ccc(Cl)cn2)c1. The molecule has 3 aromatic carbocycles. The molecule has 0 saturated carbocycles. The van der Waals surface area contributed by atoms with E-state index in [1.54, 1.807) is 31.2 Å². The molecule has 1 aromatic heterocycles. The molecule has 1 atom stereocenters. The maximum absolute atomic E-state index is 14.7. The van der Waals surface area contributed by atoms with Crippen molar-refractivity contribution in [1.29, 1.82) is 0 Å². The summed E-state index contributed by atoms with van der Waals surface area (Å²) in [5.41, 5.74) is -5.07. The monoisotopic (exact) mass is 598 g/mol. The number of benzene rings is 3. The molecule has 0 saturated heterocycles. The van der Waals surface area contributed by atoms with Gasteiger partial charge in [0, 0.05) is 18.2 Å². The number of carbonyl (C=O) groups is 1. The molecule has 4 rings (SSSR count). The van der Waals surface area contributed by atoms with Gasteiger partial charge in [0.05, 0.1) is 21.8 Å². The van der Waals surface area contributed by atoms with E-state index >= 15 is 0 Å². The Hall–Kier alpha value is -3.99. The number of carbonyl (C=O) groups excluding carboxylic acids is 1. The summed E-state index contributed by atoms with van der Waals surface area (Å²) in [4.78, 5) is 17.7. The predicted molar refractivity (Wildman–Crippen MR) is 135 cm³/mol. The third-order valence-corrected chi connectivity index (χ3v) is 6.52. The molecule has 214 valence electrons. The maximum atomic E-state index is 14.7. The van der Waals surface area contributed by atoms with Crippen molar-refractivity contribution in [2.45, 2.75) is 31.2 Å². The number of nitrogens with zero attached hydrogens (tertiary/aromatic N) is 1. The van der Waals surface area contributed by atoms with Gasteiger partial charge >= 0.3 is 12.4 Å². The molecule has 3 nitrogen and oxygen atoms in total. The smallest absolute Gasteiger partial charge is 0.337 e. The molecule has 4 aromatic rings. The second-order valence-corrected chi connectivity index (χ2v) is 9.74. The molecule has 1 N–H and O–H groups in total. The lowest BCUT2D eigenvalue weighted by Gasteiger charge is -2.36. The second-order valence-electron chi connectivity index (χ2n) is 9.31. The largest absolute Gasteiger partial charge is 0.419 e. The van der Waals surface area contributed by atoms with Crippen molar-refractivity contribution in [2.24, 2.45) is 0 Å². The van der Waals surface area contributed by atoms with E-state index < -0.39 is 57.7 Å². The van der Waals surface area contributed by atoms with Gasteiger partial charge in [-0.25, -0.2) is 8.78 Å². The Kier molecular flexibility index (Phi) is 8.13. The lowest BCUT2D eigenvalue weighted by atomic mass is 9.79. The molecule has 0 unspecified atom stereocenters. The van der Waals surface area contributed by atoms with E-state index in [-0.39, 0.29) is 29.3 Å². The number of pyridine rings is 1. The van der Waals surface area contributed by atoms with E-state index in [2.05, 4.69) is 10.3 Å². The van der Waals surface area contributed by atoms with E-state index in [1.165, 1.54) is 12.1 Å². The van der Waals surface area contributed by atoms with Gasteiger partial charge in [-0.15, -0.1) is 0 Å². The zero-order valence-electron chi connectivity index (χ0n) is 21.0. The standard InChI is InChI=1S/C29H19ClF8N2O/c1-16-3-2-4-17(9-16)14-27(25-8-6-21(30)15-39-25,19-11-20(28(33,34)35)13-22(31)12-19)40-26(41)18-5-7-24(32)23(10-18)29(36,37)38/h2-13,15H,14H2,1H3,(H,40,41)/t27-/m1/s1. The zero-order chi connectivity index (χ0) is 30.2. The van der Waals surface area contributed by atoms with E-state index in [0.29, 0.717) is 17.7 Å². The average molecular weight is 599 g/mol. The number of aryl methyl sites for hydroxylation is 1. The topological polar surface area (TPSA) is 42.0 Å². The first-order chi connectivity index (χ1) is 19.1. The number of nitrogens with one attached hydrogen (secondary N) is 1. The van der Waals surface area contributed by atoms with Crippen LogP contribution >= 0.6 is 11.6 Å². The molecule has 41 heavy (non-hydrogen) atoms. The van der Waals surface area contributed by atoms with Crippen molar-refractivity contribution in [3.05, 3.63) is 135 Å². The van der Waals surface area contributed by atoms with Crippen LogP contribution in [0.5, 0.6) is 0 Å². The lowest BCUT2D eigenvalue weighted by molar-refractivity contribution is -0.140. The lowest BCUT2D eigenvalue weighted by Crippen LogP contribution is -2.49. The summed E-state index contributed by atoms with van der Waals surface area (Å²) < 4.78 is 110. The van der Waals surface area contributed by atoms with E-state index in [1.807, 2.05) is 0 Å². The highest BCUT2D eigenvalue weighted by Crippen LogP contribution is 2.39. The van der Waals surface area contributed by atoms with Gasteiger partial charge in [0.25, 0.3) is 5.91 Å². The zero-order valence-corrected chi connectivity index (χ0v) is 21.7. The van der Waals surface area contributed by atoms with Crippen molar-refractivity contribution in [1.82, 2.24) is 10.3 Å². The number of halogens is 9. The molecular weight excluding hydrogens is 580 g/mol. The summed E-state index contributed by atoms with van der Waals surface area (Å²) in [6.07, 6.45) is -9.27. The number of amides is 1. The number of alkyl halides is 6. The molecule has 0 fully saturated rings. The Labute approximate surface area is 233 Å². The Morgan fingerprint density at radius 1 is 0.854 bits per heavy atom. The normalized spacial score (nSPS) is 13.5. The minimum absolute atomic E-state index is 0.0892. The highest BCUT2D eigenvalue weighted by Gasteiger charge is 2.42. The minimum atomic E-state index is -5.14. The quantitative estimate of drug-likeness (QED) is 0.227. The second kappa shape index (κ2) is 11.1. The van der Waals surface area contributed by atoms with Gasteiger partial charge in [-0.3, -0.25) is 9.78 Å². The Bertz CT molecular complexity index is 1590. The summed E-state index contributed by atoms with van der Waals surface area (Å²) >= 11 is 5.97. The van der Waals surface area contributed by atoms with Gasteiger partial charge in [-0.2, -0.15) is 26.3 Å². The highest BCUT2D eigenvalue weighted by molar-refractivity contribution is 6.30. The highest BCUT2D eigenvalue weighted by atomic mass is 35.5. The number of aromatic nitrogens is 1. The molecule has 1 heterocycles. The van der Waals surface area contributed by atoms with Gasteiger partial charge in [0.1, 0.15) is 17.2 Å². The fraction of sp³-hybridized carbons (Fsp3) is 0.172. The van der Waals surface area contributed by atoms with Crippen LogP contribution in [0.2, 0.25) is 5.02 Å². The summed E-state index contributed by atoms with van der Waals surface area (Å²) in [6, 6.07) is 12.5. The fourth-order valence-electron chi connectivity index (χ4n) is 4.43. The summed E-state index contributed by atoms with van der Waals surface area (Å²) in [6.45, 7) is 1.74. The van der Waals surface area contributed by atoms with Crippen LogP contribution in [0.3, 0.4) is 0 Å². The van der Waals surface area contributed by atoms with Crippen LogP contribution in [0, 0.1) is 18.6 Å². The van der Waals surface area contributed by atoms with Gasteiger partial charge in [0.2, 0.25) is 0 Å². The van der Waals surface area contributed by atoms with Crippen LogP contribution < -0.4 is 5.32 Å². The molecular formula is C29H19ClF8N2O. The fourth-order valence-corrected chi connectivity index (χ4v) is 4.54. The molecule has 0 aliphatic heterocycles. The number of hydrogen-bond acceptors (Lipinski definition) is 2. The van der Waals surface area contributed by atoms with Crippen LogP contribution in [0.1, 0.15) is 43.9 Å². The first-order valence-electron chi connectivity index (χ1n) is 11.8. The summed E-state index contributed by atoms with van der Waals surface area (Å²) in [7, 11) is 0. The molecule has 12 heteroatoms. The van der Waals surface area contributed by atoms with Gasteiger partial charge in [0.15, 0.2) is 0 Å². The van der Waals surface area contributed by atoms with Gasteiger partial charge < -0.3 is 5.32 Å². The van der Waals surface area contributed by atoms with Crippen molar-refractivity contribution >= 4 is 17.5 Å². The van der Waals surface area contributed by atoms with Crippen molar-refractivity contribution in [3.8, 4) is 0 Å². The van der Waals surface area contributed by atoms with Gasteiger partial charge in [-0.05, 0) is 66.6 Å². The third-order valence-electron chi connectivity index (χ3n) is 6.30. The Balaban J connectivity index is 1.99. The third kappa shape index (κ3) is 6.67. The number of hydrogen-bond donors (Lipinski definition) is 1. The molecule has 0 radical (unpaired) electrons. The minimum Gasteiger partial charge on any atom is -0.337 e. The predicted octanol–water partition coefficient (Wildman–Crippen LogP) is 8.28. The average Bonchev–Trinajstić information content (AvgIpc) is 2.87. The van der Waals surface area contributed by atoms with Crippen molar-refractivity contribution < 1.29 is 39.9 Å². The molecule has 0 aliphatic carbocycles. The maximum Gasteiger partial charge on any atom is 0.419 e. The van der Waals surface area contributed by atoms with Crippen LogP contribution in [0.4, 0.5) is 35.1 Å². The van der Waals surface area contributed by atoms with Crippen molar-refractivity contribution in [3.63, 3.8) is 0 Å². The van der Waals surface area contributed by atoms with Crippen LogP contribution in [0.15, 0.2) is 79.0 Å². The molecule has 1 amide bonds.